The summed E-state index contributed by atoms with van der Waals surface area (Å²) in [4.78, 5) is 10.9. The van der Waals surface area contributed by atoms with Gasteiger partial charge < -0.3 is 9.84 Å². The highest BCUT2D eigenvalue weighted by molar-refractivity contribution is 5.46. The molecule has 0 spiro atoms. The summed E-state index contributed by atoms with van der Waals surface area (Å²) in [6.07, 6.45) is 4.77. The first-order chi connectivity index (χ1) is 10.1. The Bertz CT molecular complexity index is 493. The molecule has 1 aliphatic carbocycles. The second-order valence-electron chi connectivity index (χ2n) is 5.67. The van der Waals surface area contributed by atoms with E-state index in [0.29, 0.717) is 18.0 Å². The third kappa shape index (κ3) is 3.53. The van der Waals surface area contributed by atoms with Crippen LogP contribution in [0, 0.1) is 16.0 Å². The first-order valence-corrected chi connectivity index (χ1v) is 7.54. The number of rotatable bonds is 6. The van der Waals surface area contributed by atoms with Gasteiger partial charge in [0.2, 0.25) is 0 Å². The molecule has 0 radical (unpaired) electrons. The first kappa shape index (κ1) is 15.8. The van der Waals surface area contributed by atoms with Gasteiger partial charge in [0, 0.05) is 13.7 Å². The molecule has 2 rings (SSSR count). The summed E-state index contributed by atoms with van der Waals surface area (Å²) in [6.45, 7) is 2.17. The molecule has 0 aliphatic heterocycles. The number of aryl methyl sites for hydroxylation is 2. The maximum Gasteiger partial charge on any atom is 0.353 e. The van der Waals surface area contributed by atoms with Gasteiger partial charge in [-0.3, -0.25) is 10.1 Å². The zero-order valence-electron chi connectivity index (χ0n) is 12.6. The Balaban J connectivity index is 2.14. The number of nitrogens with zero attached hydrogens (tertiary/aromatic N) is 3. The lowest BCUT2D eigenvalue weighted by Gasteiger charge is -2.27. The standard InChI is InChI=1S/C14H23N3O4/c1-3-4-12-13(17(19)20)14(16(2)15-12)21-11-7-5-10(9-18)6-8-11/h10-11,18H,3-9H2,1-2H3. The average molecular weight is 297 g/mol. The van der Waals surface area contributed by atoms with Gasteiger partial charge in [0.15, 0.2) is 0 Å². The minimum atomic E-state index is -0.396. The van der Waals surface area contributed by atoms with Crippen molar-refractivity contribution in [2.45, 2.75) is 51.6 Å². The Morgan fingerprint density at radius 3 is 2.62 bits per heavy atom. The quantitative estimate of drug-likeness (QED) is 0.642. The molecule has 1 N–H and O–H groups in total. The normalized spacial score (nSPS) is 22.2. The van der Waals surface area contributed by atoms with Crippen LogP contribution in [0.1, 0.15) is 44.7 Å². The molecule has 1 heterocycles. The molecule has 7 heteroatoms. The number of hydrogen-bond acceptors (Lipinski definition) is 5. The maximum atomic E-state index is 11.3. The fourth-order valence-corrected chi connectivity index (χ4v) is 2.86. The van der Waals surface area contributed by atoms with Crippen molar-refractivity contribution >= 4 is 5.69 Å². The van der Waals surface area contributed by atoms with Crippen LogP contribution in [-0.4, -0.2) is 32.5 Å². The lowest BCUT2D eigenvalue weighted by Crippen LogP contribution is -2.26. The van der Waals surface area contributed by atoms with Crippen LogP contribution >= 0.6 is 0 Å². The molecule has 1 saturated carbocycles. The second kappa shape index (κ2) is 6.89. The average Bonchev–Trinajstić information content (AvgIpc) is 2.76. The molecule has 118 valence electrons. The number of hydrogen-bond donors (Lipinski definition) is 1. The van der Waals surface area contributed by atoms with Gasteiger partial charge >= 0.3 is 5.69 Å². The van der Waals surface area contributed by atoms with Crippen LogP contribution in [0.2, 0.25) is 0 Å². The van der Waals surface area contributed by atoms with Gasteiger partial charge in [-0.15, -0.1) is 0 Å². The van der Waals surface area contributed by atoms with Crippen LogP contribution < -0.4 is 4.74 Å². The Kier molecular flexibility index (Phi) is 5.17. The van der Waals surface area contributed by atoms with Crippen molar-refractivity contribution in [2.24, 2.45) is 13.0 Å². The zero-order valence-corrected chi connectivity index (χ0v) is 12.6. The van der Waals surface area contributed by atoms with Gasteiger partial charge in [0.1, 0.15) is 11.8 Å². The summed E-state index contributed by atoms with van der Waals surface area (Å²) in [5.41, 5.74) is 0.493. The molecule has 0 aromatic carbocycles. The smallest absolute Gasteiger partial charge is 0.353 e. The number of ether oxygens (including phenoxy) is 1. The van der Waals surface area contributed by atoms with Crippen LogP contribution in [0.15, 0.2) is 0 Å². The summed E-state index contributed by atoms with van der Waals surface area (Å²) in [6, 6.07) is 0. The molecule has 7 nitrogen and oxygen atoms in total. The van der Waals surface area contributed by atoms with Gasteiger partial charge in [0.05, 0.1) is 4.92 Å². The van der Waals surface area contributed by atoms with E-state index in [-0.39, 0.29) is 24.3 Å². The van der Waals surface area contributed by atoms with E-state index in [1.165, 1.54) is 4.68 Å². The van der Waals surface area contributed by atoms with E-state index >= 15 is 0 Å². The van der Waals surface area contributed by atoms with Crippen LogP contribution in [-0.2, 0) is 13.5 Å². The van der Waals surface area contributed by atoms with Gasteiger partial charge in [-0.25, -0.2) is 4.68 Å². The van der Waals surface area contributed by atoms with E-state index in [9.17, 15) is 10.1 Å². The van der Waals surface area contributed by atoms with Crippen LogP contribution in [0.25, 0.3) is 0 Å². The summed E-state index contributed by atoms with van der Waals surface area (Å²) < 4.78 is 7.35. The van der Waals surface area contributed by atoms with Crippen molar-refractivity contribution < 1.29 is 14.8 Å². The number of nitro groups is 1. The maximum absolute atomic E-state index is 11.3. The molecule has 1 aromatic heterocycles. The monoisotopic (exact) mass is 297 g/mol. The summed E-state index contributed by atoms with van der Waals surface area (Å²) in [5.74, 6) is 0.595. The largest absolute Gasteiger partial charge is 0.470 e. The highest BCUT2D eigenvalue weighted by Crippen LogP contribution is 2.34. The number of aliphatic hydroxyl groups is 1. The first-order valence-electron chi connectivity index (χ1n) is 7.54. The predicted molar refractivity (Wildman–Crippen MR) is 77.3 cm³/mol. The van der Waals surface area contributed by atoms with E-state index in [0.717, 1.165) is 32.1 Å². The summed E-state index contributed by atoms with van der Waals surface area (Å²) in [7, 11) is 1.68. The molecule has 1 fully saturated rings. The van der Waals surface area contributed by atoms with Crippen molar-refractivity contribution in [1.82, 2.24) is 9.78 Å². The van der Waals surface area contributed by atoms with Crippen molar-refractivity contribution in [3.63, 3.8) is 0 Å². The minimum Gasteiger partial charge on any atom is -0.470 e. The Morgan fingerprint density at radius 2 is 2.10 bits per heavy atom. The van der Waals surface area contributed by atoms with E-state index in [1.807, 2.05) is 6.92 Å². The summed E-state index contributed by atoms with van der Waals surface area (Å²) >= 11 is 0. The Labute approximate surface area is 124 Å². The number of aromatic nitrogens is 2. The lowest BCUT2D eigenvalue weighted by atomic mass is 9.88. The van der Waals surface area contributed by atoms with E-state index in [4.69, 9.17) is 9.84 Å². The van der Waals surface area contributed by atoms with Crippen molar-refractivity contribution in [1.29, 1.82) is 0 Å². The molecule has 0 bridgehead atoms. The van der Waals surface area contributed by atoms with Crippen LogP contribution in [0.4, 0.5) is 5.69 Å². The minimum absolute atomic E-state index is 0.00336. The van der Waals surface area contributed by atoms with Crippen LogP contribution in [0.5, 0.6) is 5.88 Å². The van der Waals surface area contributed by atoms with Gasteiger partial charge in [-0.2, -0.15) is 5.10 Å². The Morgan fingerprint density at radius 1 is 1.43 bits per heavy atom. The van der Waals surface area contributed by atoms with E-state index < -0.39 is 4.92 Å². The zero-order chi connectivity index (χ0) is 15.4. The molecular formula is C14H23N3O4. The van der Waals surface area contributed by atoms with E-state index in [1.54, 1.807) is 7.05 Å². The fraction of sp³-hybridized carbons (Fsp3) is 0.786. The fourth-order valence-electron chi connectivity index (χ4n) is 2.86. The molecule has 0 unspecified atom stereocenters. The predicted octanol–water partition coefficient (Wildman–Crippen LogP) is 2.21. The highest BCUT2D eigenvalue weighted by atomic mass is 16.6. The van der Waals surface area contributed by atoms with Gasteiger partial charge in [0.25, 0.3) is 5.88 Å². The summed E-state index contributed by atoms with van der Waals surface area (Å²) in [5, 5.41) is 24.7. The number of aliphatic hydroxyl groups excluding tert-OH is 1. The Hall–Kier alpha value is -1.63. The molecule has 0 amide bonds. The molecule has 1 aromatic rings. The van der Waals surface area contributed by atoms with E-state index in [2.05, 4.69) is 5.10 Å². The third-order valence-electron chi connectivity index (χ3n) is 4.04. The van der Waals surface area contributed by atoms with Crippen molar-refractivity contribution in [3.05, 3.63) is 15.8 Å². The van der Waals surface area contributed by atoms with Crippen molar-refractivity contribution in [3.8, 4) is 5.88 Å². The van der Waals surface area contributed by atoms with Crippen LogP contribution in [0.3, 0.4) is 0 Å². The van der Waals surface area contributed by atoms with Gasteiger partial charge in [-0.05, 0) is 38.0 Å². The van der Waals surface area contributed by atoms with Crippen molar-refractivity contribution in [2.75, 3.05) is 6.61 Å². The topological polar surface area (TPSA) is 90.4 Å². The molecule has 0 atom stereocenters. The third-order valence-corrected chi connectivity index (χ3v) is 4.04. The SMILES string of the molecule is CCCc1nn(C)c(OC2CCC(CO)CC2)c1[N+](=O)[O-]. The van der Waals surface area contributed by atoms with Gasteiger partial charge in [-0.1, -0.05) is 13.3 Å². The highest BCUT2D eigenvalue weighted by Gasteiger charge is 2.31. The molecular weight excluding hydrogens is 274 g/mol. The molecule has 1 aliphatic rings. The molecule has 0 saturated heterocycles. The molecule has 21 heavy (non-hydrogen) atoms. The second-order valence-corrected chi connectivity index (χ2v) is 5.67. The lowest BCUT2D eigenvalue weighted by molar-refractivity contribution is -0.386.